The molecule has 2 unspecified atom stereocenters. The number of carbonyl (C=O) groups excluding carboxylic acids is 2. The molecule has 3 aliphatic heterocycles. The molecule has 1 aromatic carbocycles. The lowest BCUT2D eigenvalue weighted by molar-refractivity contribution is -0.126. The molecule has 2 saturated heterocycles. The maximum atomic E-state index is 13.3. The van der Waals surface area contributed by atoms with E-state index in [0.29, 0.717) is 13.1 Å². The molecular formula is C25H39N5O3. The molecule has 2 fully saturated rings. The SMILES string of the molecule is CC(C)NC(=O)CN1CCN2c3ccccc3CC(C(=O)NCCCN3CCOCC3)C2C1. The highest BCUT2D eigenvalue weighted by atomic mass is 16.5. The van der Waals surface area contributed by atoms with E-state index in [1.807, 2.05) is 13.8 Å². The molecule has 0 bridgehead atoms. The van der Waals surface area contributed by atoms with E-state index in [1.54, 1.807) is 0 Å². The number of fused-ring (bicyclic) bond motifs is 3. The Morgan fingerprint density at radius 3 is 2.67 bits per heavy atom. The summed E-state index contributed by atoms with van der Waals surface area (Å²) in [6, 6.07) is 8.66. The van der Waals surface area contributed by atoms with Crippen LogP contribution in [0.15, 0.2) is 24.3 Å². The number of nitrogens with zero attached hydrogens (tertiary/aromatic N) is 3. The van der Waals surface area contributed by atoms with Crippen LogP contribution in [-0.2, 0) is 20.7 Å². The van der Waals surface area contributed by atoms with Crippen LogP contribution in [0.2, 0.25) is 0 Å². The maximum Gasteiger partial charge on any atom is 0.234 e. The van der Waals surface area contributed by atoms with E-state index in [1.165, 1.54) is 11.3 Å². The Bertz CT molecular complexity index is 811. The first kappa shape index (κ1) is 24.0. The largest absolute Gasteiger partial charge is 0.379 e. The number of rotatable bonds is 8. The number of ether oxygens (including phenoxy) is 1. The highest BCUT2D eigenvalue weighted by Gasteiger charge is 2.41. The number of benzene rings is 1. The van der Waals surface area contributed by atoms with Crippen LogP contribution >= 0.6 is 0 Å². The van der Waals surface area contributed by atoms with Crippen molar-refractivity contribution in [2.24, 2.45) is 5.92 Å². The van der Waals surface area contributed by atoms with E-state index >= 15 is 0 Å². The highest BCUT2D eigenvalue weighted by Crippen LogP contribution is 2.35. The summed E-state index contributed by atoms with van der Waals surface area (Å²) in [6.45, 7) is 12.0. The van der Waals surface area contributed by atoms with Crippen molar-refractivity contribution >= 4 is 17.5 Å². The highest BCUT2D eigenvalue weighted by molar-refractivity contribution is 5.82. The fourth-order valence-corrected chi connectivity index (χ4v) is 5.30. The molecule has 0 spiro atoms. The average Bonchev–Trinajstić information content (AvgIpc) is 2.81. The van der Waals surface area contributed by atoms with Gasteiger partial charge in [0.15, 0.2) is 0 Å². The van der Waals surface area contributed by atoms with Crippen LogP contribution in [-0.4, -0.2) is 99.3 Å². The fourth-order valence-electron chi connectivity index (χ4n) is 5.30. The number of para-hydroxylation sites is 1. The Kier molecular flexibility index (Phi) is 8.22. The quantitative estimate of drug-likeness (QED) is 0.560. The van der Waals surface area contributed by atoms with Gasteiger partial charge in [-0.1, -0.05) is 18.2 Å². The Morgan fingerprint density at radius 2 is 1.88 bits per heavy atom. The van der Waals surface area contributed by atoms with Crippen molar-refractivity contribution in [2.75, 3.05) is 70.5 Å². The van der Waals surface area contributed by atoms with Gasteiger partial charge in [0.1, 0.15) is 0 Å². The first-order valence-corrected chi connectivity index (χ1v) is 12.5. The van der Waals surface area contributed by atoms with Gasteiger partial charge >= 0.3 is 0 Å². The number of carbonyl (C=O) groups is 2. The van der Waals surface area contributed by atoms with Crippen molar-refractivity contribution in [3.63, 3.8) is 0 Å². The van der Waals surface area contributed by atoms with Crippen LogP contribution in [0, 0.1) is 5.92 Å². The molecule has 1 aromatic rings. The van der Waals surface area contributed by atoms with Gasteiger partial charge in [-0.15, -0.1) is 0 Å². The third-order valence-corrected chi connectivity index (χ3v) is 6.92. The maximum absolute atomic E-state index is 13.3. The summed E-state index contributed by atoms with van der Waals surface area (Å²) in [6.07, 6.45) is 1.70. The van der Waals surface area contributed by atoms with Crippen LogP contribution in [0.25, 0.3) is 0 Å². The predicted molar refractivity (Wildman–Crippen MR) is 129 cm³/mol. The Hall–Kier alpha value is -2.16. The molecule has 8 heteroatoms. The molecule has 33 heavy (non-hydrogen) atoms. The zero-order chi connectivity index (χ0) is 23.2. The minimum Gasteiger partial charge on any atom is -0.379 e. The number of amides is 2. The third kappa shape index (κ3) is 6.25. The normalized spacial score (nSPS) is 23.7. The van der Waals surface area contributed by atoms with Gasteiger partial charge in [0.25, 0.3) is 0 Å². The number of morpholine rings is 1. The molecule has 0 saturated carbocycles. The molecule has 8 nitrogen and oxygen atoms in total. The molecule has 2 N–H and O–H groups in total. The summed E-state index contributed by atoms with van der Waals surface area (Å²) in [4.78, 5) is 32.7. The van der Waals surface area contributed by atoms with Crippen LogP contribution < -0.4 is 15.5 Å². The van der Waals surface area contributed by atoms with Crippen molar-refractivity contribution in [3.05, 3.63) is 29.8 Å². The number of nitrogens with one attached hydrogen (secondary N) is 2. The van der Waals surface area contributed by atoms with E-state index in [-0.39, 0.29) is 29.8 Å². The Morgan fingerprint density at radius 1 is 1.09 bits per heavy atom. The molecule has 0 aliphatic carbocycles. The number of hydrogen-bond donors (Lipinski definition) is 2. The first-order chi connectivity index (χ1) is 16.0. The monoisotopic (exact) mass is 457 g/mol. The average molecular weight is 458 g/mol. The molecule has 3 heterocycles. The molecule has 3 aliphatic rings. The molecule has 2 atom stereocenters. The van der Waals surface area contributed by atoms with Gasteiger partial charge in [0, 0.05) is 51.0 Å². The van der Waals surface area contributed by atoms with Gasteiger partial charge in [0.2, 0.25) is 11.8 Å². The third-order valence-electron chi connectivity index (χ3n) is 6.92. The van der Waals surface area contributed by atoms with E-state index in [4.69, 9.17) is 4.74 Å². The summed E-state index contributed by atoms with van der Waals surface area (Å²) in [5, 5.41) is 6.20. The predicted octanol–water partition coefficient (Wildman–Crippen LogP) is 0.713. The molecule has 2 amide bonds. The lowest BCUT2D eigenvalue weighted by Gasteiger charge is -2.49. The first-order valence-electron chi connectivity index (χ1n) is 12.5. The van der Waals surface area contributed by atoms with E-state index in [9.17, 15) is 9.59 Å². The van der Waals surface area contributed by atoms with Crippen molar-refractivity contribution in [2.45, 2.75) is 38.8 Å². The van der Waals surface area contributed by atoms with Crippen molar-refractivity contribution in [3.8, 4) is 0 Å². The van der Waals surface area contributed by atoms with Gasteiger partial charge in [-0.05, 0) is 44.9 Å². The second kappa shape index (κ2) is 11.3. The lowest BCUT2D eigenvalue weighted by Crippen LogP contribution is -2.62. The fraction of sp³-hybridized carbons (Fsp3) is 0.680. The summed E-state index contributed by atoms with van der Waals surface area (Å²) in [5.74, 6) is 0.0768. The van der Waals surface area contributed by atoms with Crippen molar-refractivity contribution in [1.82, 2.24) is 20.4 Å². The number of anilines is 1. The summed E-state index contributed by atoms with van der Waals surface area (Å²) in [7, 11) is 0. The van der Waals surface area contributed by atoms with Gasteiger partial charge in [-0.25, -0.2) is 0 Å². The number of hydrogen-bond acceptors (Lipinski definition) is 6. The number of piperazine rings is 1. The molecular weight excluding hydrogens is 418 g/mol. The molecule has 0 radical (unpaired) electrons. The lowest BCUT2D eigenvalue weighted by atomic mass is 9.83. The molecule has 0 aromatic heterocycles. The van der Waals surface area contributed by atoms with Crippen LogP contribution in [0.3, 0.4) is 0 Å². The standard InChI is InChI=1S/C25H39N5O3/c1-19(2)27-24(31)18-29-10-11-30-22-7-4-3-6-20(22)16-21(23(30)17-29)25(32)26-8-5-9-28-12-14-33-15-13-28/h3-4,6-7,19,21,23H,5,8-18H2,1-2H3,(H,26,32)(H,27,31). The summed E-state index contributed by atoms with van der Waals surface area (Å²) < 4.78 is 5.41. The molecule has 4 rings (SSSR count). The van der Waals surface area contributed by atoms with Gasteiger partial charge < -0.3 is 20.3 Å². The second-order valence-electron chi connectivity index (χ2n) is 9.76. The minimum absolute atomic E-state index is 0.0544. The zero-order valence-corrected chi connectivity index (χ0v) is 20.1. The Labute approximate surface area is 197 Å². The van der Waals surface area contributed by atoms with Crippen molar-refractivity contribution in [1.29, 1.82) is 0 Å². The summed E-state index contributed by atoms with van der Waals surface area (Å²) >= 11 is 0. The zero-order valence-electron chi connectivity index (χ0n) is 20.1. The topological polar surface area (TPSA) is 77.2 Å². The minimum atomic E-state index is -0.112. The van der Waals surface area contributed by atoms with E-state index in [2.05, 4.69) is 49.6 Å². The van der Waals surface area contributed by atoms with E-state index in [0.717, 1.165) is 65.3 Å². The Balaban J connectivity index is 1.37. The van der Waals surface area contributed by atoms with Gasteiger partial charge in [-0.3, -0.25) is 19.4 Å². The smallest absolute Gasteiger partial charge is 0.234 e. The summed E-state index contributed by atoms with van der Waals surface area (Å²) in [5.41, 5.74) is 2.48. The van der Waals surface area contributed by atoms with Crippen LogP contribution in [0.4, 0.5) is 5.69 Å². The van der Waals surface area contributed by atoms with Crippen molar-refractivity contribution < 1.29 is 14.3 Å². The van der Waals surface area contributed by atoms with Crippen LogP contribution in [0.5, 0.6) is 0 Å². The van der Waals surface area contributed by atoms with Crippen LogP contribution in [0.1, 0.15) is 25.8 Å². The van der Waals surface area contributed by atoms with Gasteiger partial charge in [-0.2, -0.15) is 0 Å². The molecule has 182 valence electrons. The second-order valence-corrected chi connectivity index (χ2v) is 9.76. The van der Waals surface area contributed by atoms with E-state index < -0.39 is 0 Å². The van der Waals surface area contributed by atoms with Gasteiger partial charge in [0.05, 0.1) is 31.7 Å².